The smallest absolute Gasteiger partial charge is 0.251 e. The highest BCUT2D eigenvalue weighted by molar-refractivity contribution is 7.89. The van der Waals surface area contributed by atoms with Gasteiger partial charge in [0, 0.05) is 44.0 Å². The summed E-state index contributed by atoms with van der Waals surface area (Å²) in [5.74, 6) is -0.304. The van der Waals surface area contributed by atoms with Gasteiger partial charge in [0.15, 0.2) is 0 Å². The molecule has 0 radical (unpaired) electrons. The molecule has 3 rings (SSSR count). The van der Waals surface area contributed by atoms with E-state index < -0.39 is 10.0 Å². The van der Waals surface area contributed by atoms with Gasteiger partial charge in [-0.2, -0.15) is 4.31 Å². The van der Waals surface area contributed by atoms with E-state index in [1.165, 1.54) is 16.4 Å². The quantitative estimate of drug-likeness (QED) is 0.695. The summed E-state index contributed by atoms with van der Waals surface area (Å²) >= 11 is 0. The summed E-state index contributed by atoms with van der Waals surface area (Å²) in [7, 11) is -3.63. The largest absolute Gasteiger partial charge is 0.379 e. The molecule has 0 aromatic heterocycles. The van der Waals surface area contributed by atoms with E-state index in [1.807, 2.05) is 24.3 Å². The van der Waals surface area contributed by atoms with E-state index in [0.29, 0.717) is 38.4 Å². The fourth-order valence-electron chi connectivity index (χ4n) is 3.43. The molecule has 0 spiro atoms. The zero-order chi connectivity index (χ0) is 21.6. The molecule has 1 aliphatic rings. The van der Waals surface area contributed by atoms with E-state index in [0.717, 1.165) is 24.3 Å². The number of carbonyl (C=O) groups is 1. The van der Waals surface area contributed by atoms with Crippen LogP contribution in [-0.2, 0) is 21.3 Å². The Morgan fingerprint density at radius 1 is 1.07 bits per heavy atom. The van der Waals surface area contributed by atoms with Crippen molar-refractivity contribution in [3.63, 3.8) is 0 Å². The summed E-state index contributed by atoms with van der Waals surface area (Å²) in [6, 6.07) is 14.3. The van der Waals surface area contributed by atoms with E-state index >= 15 is 0 Å². The van der Waals surface area contributed by atoms with Gasteiger partial charge in [0.25, 0.3) is 5.91 Å². The lowest BCUT2D eigenvalue weighted by Gasteiger charge is -2.26. The number of benzene rings is 2. The maximum atomic E-state index is 12.8. The predicted octanol–water partition coefficient (Wildman–Crippen LogP) is 2.48. The Morgan fingerprint density at radius 2 is 1.73 bits per heavy atom. The Kier molecular flexibility index (Phi) is 7.47. The molecule has 30 heavy (non-hydrogen) atoms. The van der Waals surface area contributed by atoms with Crippen LogP contribution in [0.25, 0.3) is 0 Å². The zero-order valence-corrected chi connectivity index (χ0v) is 18.3. The second-order valence-electron chi connectivity index (χ2n) is 7.07. The monoisotopic (exact) mass is 431 g/mol. The molecule has 1 heterocycles. The molecule has 1 aliphatic heterocycles. The number of hydrogen-bond donors (Lipinski definition) is 1. The van der Waals surface area contributed by atoms with Gasteiger partial charge in [-0.15, -0.1) is 0 Å². The first kappa shape index (κ1) is 22.3. The van der Waals surface area contributed by atoms with Crippen molar-refractivity contribution in [3.05, 3.63) is 59.7 Å². The van der Waals surface area contributed by atoms with E-state index in [-0.39, 0.29) is 10.8 Å². The van der Waals surface area contributed by atoms with Crippen LogP contribution in [-0.4, -0.2) is 58.0 Å². The standard InChI is InChI=1S/C22H29N3O4S/c1-3-24(4-2)20-10-8-18(9-11-20)17-23-22(26)19-6-5-7-21(16-19)30(27,28)25-12-14-29-15-13-25/h5-11,16H,3-4,12-15,17H2,1-2H3,(H,23,26). The minimum Gasteiger partial charge on any atom is -0.379 e. The third-order valence-electron chi connectivity index (χ3n) is 5.22. The lowest BCUT2D eigenvalue weighted by Crippen LogP contribution is -2.40. The molecule has 1 fully saturated rings. The summed E-state index contributed by atoms with van der Waals surface area (Å²) in [5.41, 5.74) is 2.46. The molecule has 8 heteroatoms. The minimum atomic E-state index is -3.63. The van der Waals surface area contributed by atoms with E-state index in [1.54, 1.807) is 12.1 Å². The molecule has 0 atom stereocenters. The number of morpholine rings is 1. The summed E-state index contributed by atoms with van der Waals surface area (Å²) in [4.78, 5) is 15.0. The molecule has 0 unspecified atom stereocenters. The van der Waals surface area contributed by atoms with Crippen molar-refractivity contribution in [2.75, 3.05) is 44.3 Å². The van der Waals surface area contributed by atoms with Gasteiger partial charge >= 0.3 is 0 Å². The molecule has 7 nitrogen and oxygen atoms in total. The Hall–Kier alpha value is -2.42. The Balaban J connectivity index is 1.65. The lowest BCUT2D eigenvalue weighted by molar-refractivity contribution is 0.0730. The first-order valence-electron chi connectivity index (χ1n) is 10.3. The van der Waals surface area contributed by atoms with Crippen molar-refractivity contribution in [1.82, 2.24) is 9.62 Å². The number of rotatable bonds is 8. The summed E-state index contributed by atoms with van der Waals surface area (Å²) in [5, 5.41) is 2.87. The molecule has 162 valence electrons. The zero-order valence-electron chi connectivity index (χ0n) is 17.5. The maximum absolute atomic E-state index is 12.8. The van der Waals surface area contributed by atoms with Crippen LogP contribution in [0.2, 0.25) is 0 Å². The van der Waals surface area contributed by atoms with Crippen LogP contribution in [0.4, 0.5) is 5.69 Å². The number of hydrogen-bond acceptors (Lipinski definition) is 5. The third-order valence-corrected chi connectivity index (χ3v) is 7.12. The Labute approximate surface area is 178 Å². The number of sulfonamides is 1. The number of ether oxygens (including phenoxy) is 1. The number of nitrogens with one attached hydrogen (secondary N) is 1. The van der Waals surface area contributed by atoms with Crippen molar-refractivity contribution >= 4 is 21.6 Å². The van der Waals surface area contributed by atoms with E-state index in [9.17, 15) is 13.2 Å². The van der Waals surface area contributed by atoms with Crippen LogP contribution in [0.5, 0.6) is 0 Å². The van der Waals surface area contributed by atoms with Crippen molar-refractivity contribution in [2.45, 2.75) is 25.3 Å². The Bertz CT molecular complexity index is 951. The van der Waals surface area contributed by atoms with Crippen LogP contribution in [0, 0.1) is 0 Å². The highest BCUT2D eigenvalue weighted by Gasteiger charge is 2.26. The van der Waals surface area contributed by atoms with Gasteiger partial charge < -0.3 is 15.0 Å². The van der Waals surface area contributed by atoms with E-state index in [2.05, 4.69) is 24.1 Å². The average molecular weight is 432 g/mol. The van der Waals surface area contributed by atoms with Crippen molar-refractivity contribution < 1.29 is 17.9 Å². The number of anilines is 1. The second kappa shape index (κ2) is 10.1. The molecular weight excluding hydrogens is 402 g/mol. The minimum absolute atomic E-state index is 0.126. The van der Waals surface area contributed by atoms with Gasteiger partial charge in [-0.25, -0.2) is 8.42 Å². The van der Waals surface area contributed by atoms with E-state index in [4.69, 9.17) is 4.74 Å². The molecular formula is C22H29N3O4S. The first-order chi connectivity index (χ1) is 14.5. The lowest BCUT2D eigenvalue weighted by atomic mass is 10.1. The molecule has 0 aliphatic carbocycles. The fraction of sp³-hybridized carbons (Fsp3) is 0.409. The van der Waals surface area contributed by atoms with Gasteiger partial charge in [-0.05, 0) is 49.7 Å². The summed E-state index contributed by atoms with van der Waals surface area (Å²) in [6.45, 7) is 7.89. The maximum Gasteiger partial charge on any atom is 0.251 e. The van der Waals surface area contributed by atoms with Crippen LogP contribution in [0.15, 0.2) is 53.4 Å². The van der Waals surface area contributed by atoms with Crippen molar-refractivity contribution in [1.29, 1.82) is 0 Å². The van der Waals surface area contributed by atoms with Gasteiger partial charge in [-0.3, -0.25) is 4.79 Å². The molecule has 2 aromatic carbocycles. The SMILES string of the molecule is CCN(CC)c1ccc(CNC(=O)c2cccc(S(=O)(=O)N3CCOCC3)c2)cc1. The number of carbonyl (C=O) groups excluding carboxylic acids is 1. The van der Waals surface area contributed by atoms with Gasteiger partial charge in [0.1, 0.15) is 0 Å². The third kappa shape index (κ3) is 5.19. The normalized spacial score (nSPS) is 15.0. The predicted molar refractivity (Wildman–Crippen MR) is 117 cm³/mol. The van der Waals surface area contributed by atoms with Crippen LogP contribution < -0.4 is 10.2 Å². The molecule has 0 bridgehead atoms. The van der Waals surface area contributed by atoms with Gasteiger partial charge in [0.05, 0.1) is 18.1 Å². The highest BCUT2D eigenvalue weighted by atomic mass is 32.2. The average Bonchev–Trinajstić information content (AvgIpc) is 2.80. The molecule has 1 saturated heterocycles. The molecule has 1 amide bonds. The van der Waals surface area contributed by atoms with Gasteiger partial charge in [0.2, 0.25) is 10.0 Å². The van der Waals surface area contributed by atoms with Crippen LogP contribution >= 0.6 is 0 Å². The topological polar surface area (TPSA) is 79.0 Å². The molecule has 0 saturated carbocycles. The van der Waals surface area contributed by atoms with Crippen molar-refractivity contribution in [3.8, 4) is 0 Å². The molecule has 2 aromatic rings. The second-order valence-corrected chi connectivity index (χ2v) is 9.00. The van der Waals surface area contributed by atoms with Crippen LogP contribution in [0.3, 0.4) is 0 Å². The number of amides is 1. The van der Waals surface area contributed by atoms with Gasteiger partial charge in [-0.1, -0.05) is 18.2 Å². The summed E-state index contributed by atoms with van der Waals surface area (Å²) in [6.07, 6.45) is 0. The first-order valence-corrected chi connectivity index (χ1v) is 11.7. The Morgan fingerprint density at radius 3 is 2.37 bits per heavy atom. The summed E-state index contributed by atoms with van der Waals surface area (Å²) < 4.78 is 32.2. The van der Waals surface area contributed by atoms with Crippen LogP contribution in [0.1, 0.15) is 29.8 Å². The highest BCUT2D eigenvalue weighted by Crippen LogP contribution is 2.19. The van der Waals surface area contributed by atoms with Crippen molar-refractivity contribution in [2.24, 2.45) is 0 Å². The number of nitrogens with zero attached hydrogens (tertiary/aromatic N) is 2. The molecule has 1 N–H and O–H groups in total. The fourth-order valence-corrected chi connectivity index (χ4v) is 4.89.